The number of hydrogen-bond acceptors (Lipinski definition) is 2. The minimum atomic E-state index is 0.620. The van der Waals surface area contributed by atoms with Gasteiger partial charge in [-0.05, 0) is 51.2 Å². The fourth-order valence-electron chi connectivity index (χ4n) is 2.41. The molecule has 1 aliphatic heterocycles. The van der Waals surface area contributed by atoms with Crippen molar-refractivity contribution in [2.75, 3.05) is 32.7 Å². The molecule has 0 radical (unpaired) electrons. The second-order valence-electron chi connectivity index (χ2n) is 5.21. The SMILES string of the molecule is CCCCN=C(N)NCCC1CCN(CC)CC1. The third kappa shape index (κ3) is 6.24. The smallest absolute Gasteiger partial charge is 0.188 e. The normalized spacial score (nSPS) is 19.1. The lowest BCUT2D eigenvalue weighted by Crippen LogP contribution is -2.36. The van der Waals surface area contributed by atoms with E-state index in [1.165, 1.54) is 45.3 Å². The Labute approximate surface area is 112 Å². The summed E-state index contributed by atoms with van der Waals surface area (Å²) in [4.78, 5) is 6.83. The van der Waals surface area contributed by atoms with Gasteiger partial charge in [0.05, 0.1) is 0 Å². The summed E-state index contributed by atoms with van der Waals surface area (Å²) in [5.74, 6) is 1.48. The van der Waals surface area contributed by atoms with E-state index in [2.05, 4.69) is 29.1 Å². The Morgan fingerprint density at radius 3 is 2.67 bits per heavy atom. The van der Waals surface area contributed by atoms with E-state index in [1.54, 1.807) is 0 Å². The summed E-state index contributed by atoms with van der Waals surface area (Å²) in [5.41, 5.74) is 5.80. The van der Waals surface area contributed by atoms with E-state index in [9.17, 15) is 0 Å². The van der Waals surface area contributed by atoms with Crippen LogP contribution in [-0.2, 0) is 0 Å². The molecule has 4 heteroatoms. The molecule has 1 rings (SSSR count). The lowest BCUT2D eigenvalue weighted by atomic mass is 9.93. The van der Waals surface area contributed by atoms with Gasteiger partial charge in [-0.25, -0.2) is 0 Å². The van der Waals surface area contributed by atoms with E-state index in [4.69, 9.17) is 5.73 Å². The van der Waals surface area contributed by atoms with E-state index in [0.717, 1.165) is 25.4 Å². The number of likely N-dealkylation sites (tertiary alicyclic amines) is 1. The molecule has 0 amide bonds. The summed E-state index contributed by atoms with van der Waals surface area (Å²) in [7, 11) is 0. The van der Waals surface area contributed by atoms with E-state index in [0.29, 0.717) is 5.96 Å². The minimum absolute atomic E-state index is 0.620. The second kappa shape index (κ2) is 9.20. The highest BCUT2D eigenvalue weighted by Crippen LogP contribution is 2.19. The van der Waals surface area contributed by atoms with Gasteiger partial charge in [0, 0.05) is 13.1 Å². The van der Waals surface area contributed by atoms with Crippen molar-refractivity contribution in [2.45, 2.75) is 46.0 Å². The van der Waals surface area contributed by atoms with Gasteiger partial charge in [0.2, 0.25) is 0 Å². The van der Waals surface area contributed by atoms with Gasteiger partial charge in [0.15, 0.2) is 5.96 Å². The fraction of sp³-hybridized carbons (Fsp3) is 0.929. The molecule has 0 unspecified atom stereocenters. The van der Waals surface area contributed by atoms with Gasteiger partial charge in [-0.1, -0.05) is 20.3 Å². The van der Waals surface area contributed by atoms with E-state index < -0.39 is 0 Å². The molecule has 1 fully saturated rings. The van der Waals surface area contributed by atoms with Crippen LogP contribution in [0.5, 0.6) is 0 Å². The molecule has 4 nitrogen and oxygen atoms in total. The maximum Gasteiger partial charge on any atom is 0.188 e. The summed E-state index contributed by atoms with van der Waals surface area (Å²) < 4.78 is 0. The molecule has 0 spiro atoms. The van der Waals surface area contributed by atoms with E-state index in [-0.39, 0.29) is 0 Å². The highest BCUT2D eigenvalue weighted by atomic mass is 15.1. The summed E-state index contributed by atoms with van der Waals surface area (Å²) >= 11 is 0. The topological polar surface area (TPSA) is 53.6 Å². The quantitative estimate of drug-likeness (QED) is 0.414. The van der Waals surface area contributed by atoms with Crippen LogP contribution in [0.1, 0.15) is 46.0 Å². The molecular weight excluding hydrogens is 224 g/mol. The van der Waals surface area contributed by atoms with Crippen LogP contribution in [0.25, 0.3) is 0 Å². The van der Waals surface area contributed by atoms with E-state index >= 15 is 0 Å². The largest absolute Gasteiger partial charge is 0.370 e. The number of rotatable bonds is 7. The molecule has 0 aromatic carbocycles. The average Bonchev–Trinajstić information content (AvgIpc) is 2.40. The number of aliphatic imine (C=N–C) groups is 1. The zero-order valence-corrected chi connectivity index (χ0v) is 12.1. The lowest BCUT2D eigenvalue weighted by molar-refractivity contribution is 0.187. The van der Waals surface area contributed by atoms with Gasteiger partial charge in [-0.15, -0.1) is 0 Å². The maximum atomic E-state index is 5.80. The first-order valence-electron chi connectivity index (χ1n) is 7.52. The highest BCUT2D eigenvalue weighted by molar-refractivity contribution is 5.77. The number of nitrogens with two attached hydrogens (primary N) is 1. The monoisotopic (exact) mass is 254 g/mol. The van der Waals surface area contributed by atoms with Crippen LogP contribution in [-0.4, -0.2) is 43.6 Å². The predicted octanol–water partition coefficient (Wildman–Crippen LogP) is 1.81. The van der Waals surface area contributed by atoms with Crippen LogP contribution in [0.2, 0.25) is 0 Å². The molecule has 1 heterocycles. The lowest BCUT2D eigenvalue weighted by Gasteiger charge is -2.31. The molecule has 0 atom stereocenters. The molecule has 0 saturated carbocycles. The van der Waals surface area contributed by atoms with Crippen molar-refractivity contribution in [3.05, 3.63) is 0 Å². The molecule has 3 N–H and O–H groups in total. The number of nitrogens with zero attached hydrogens (tertiary/aromatic N) is 2. The number of guanidine groups is 1. The van der Waals surface area contributed by atoms with Gasteiger partial charge >= 0.3 is 0 Å². The molecule has 18 heavy (non-hydrogen) atoms. The minimum Gasteiger partial charge on any atom is -0.370 e. The summed E-state index contributed by atoms with van der Waals surface area (Å²) in [6.45, 7) is 9.96. The van der Waals surface area contributed by atoms with Crippen LogP contribution >= 0.6 is 0 Å². The van der Waals surface area contributed by atoms with Gasteiger partial charge in [0.1, 0.15) is 0 Å². The molecule has 1 saturated heterocycles. The summed E-state index contributed by atoms with van der Waals surface area (Å²) in [5, 5.41) is 3.23. The van der Waals surface area contributed by atoms with Gasteiger partial charge in [-0.3, -0.25) is 4.99 Å². The zero-order chi connectivity index (χ0) is 13.2. The average molecular weight is 254 g/mol. The first-order valence-corrected chi connectivity index (χ1v) is 7.52. The predicted molar refractivity (Wildman–Crippen MR) is 78.9 cm³/mol. The van der Waals surface area contributed by atoms with Crippen molar-refractivity contribution >= 4 is 5.96 Å². The Bertz CT molecular complexity index is 232. The van der Waals surface area contributed by atoms with Crippen LogP contribution < -0.4 is 11.1 Å². The van der Waals surface area contributed by atoms with Crippen molar-refractivity contribution in [1.82, 2.24) is 10.2 Å². The van der Waals surface area contributed by atoms with Crippen molar-refractivity contribution in [3.8, 4) is 0 Å². The Balaban J connectivity index is 2.05. The standard InChI is InChI=1S/C14H30N4/c1-3-5-9-16-14(15)17-10-6-13-7-11-18(4-2)12-8-13/h13H,3-12H2,1-2H3,(H3,15,16,17). The van der Waals surface area contributed by atoms with Gasteiger partial charge in [0.25, 0.3) is 0 Å². The third-order valence-electron chi connectivity index (χ3n) is 3.81. The molecule has 0 aliphatic carbocycles. The first kappa shape index (κ1) is 15.3. The van der Waals surface area contributed by atoms with Crippen molar-refractivity contribution in [3.63, 3.8) is 0 Å². The van der Waals surface area contributed by atoms with Crippen molar-refractivity contribution in [1.29, 1.82) is 0 Å². The van der Waals surface area contributed by atoms with Crippen molar-refractivity contribution in [2.24, 2.45) is 16.6 Å². The highest BCUT2D eigenvalue weighted by Gasteiger charge is 2.17. The fourth-order valence-corrected chi connectivity index (χ4v) is 2.41. The van der Waals surface area contributed by atoms with Gasteiger partial charge in [-0.2, -0.15) is 0 Å². The molecule has 0 aromatic rings. The van der Waals surface area contributed by atoms with E-state index in [1.807, 2.05) is 0 Å². The number of hydrogen-bond donors (Lipinski definition) is 2. The number of unbranched alkanes of at least 4 members (excludes halogenated alkanes) is 1. The molecule has 1 aliphatic rings. The van der Waals surface area contributed by atoms with Crippen molar-refractivity contribution < 1.29 is 0 Å². The summed E-state index contributed by atoms with van der Waals surface area (Å²) in [6, 6.07) is 0. The first-order chi connectivity index (χ1) is 8.76. The molecular formula is C14H30N4. The second-order valence-corrected chi connectivity index (χ2v) is 5.21. The molecule has 0 aromatic heterocycles. The van der Waals surface area contributed by atoms with Crippen LogP contribution in [0.3, 0.4) is 0 Å². The Morgan fingerprint density at radius 1 is 1.33 bits per heavy atom. The maximum absolute atomic E-state index is 5.80. The van der Waals surface area contributed by atoms with Gasteiger partial charge < -0.3 is 16.0 Å². The Hall–Kier alpha value is -0.770. The van der Waals surface area contributed by atoms with Crippen LogP contribution in [0.4, 0.5) is 0 Å². The molecule has 0 bridgehead atoms. The van der Waals surface area contributed by atoms with Crippen LogP contribution in [0, 0.1) is 5.92 Å². The third-order valence-corrected chi connectivity index (χ3v) is 3.81. The Morgan fingerprint density at radius 2 is 2.06 bits per heavy atom. The summed E-state index contributed by atoms with van der Waals surface area (Å²) in [6.07, 6.45) is 6.19. The number of nitrogens with one attached hydrogen (secondary N) is 1. The Kier molecular flexibility index (Phi) is 7.81. The number of piperidine rings is 1. The van der Waals surface area contributed by atoms with Crippen LogP contribution in [0.15, 0.2) is 4.99 Å². The zero-order valence-electron chi connectivity index (χ0n) is 12.1. The molecule has 106 valence electrons.